The van der Waals surface area contributed by atoms with Crippen molar-refractivity contribution < 1.29 is 0 Å². The van der Waals surface area contributed by atoms with E-state index in [0.29, 0.717) is 11.8 Å². The Kier molecular flexibility index (Phi) is 2.79. The summed E-state index contributed by atoms with van der Waals surface area (Å²) in [5.74, 6) is 1.14. The molecule has 2 heterocycles. The van der Waals surface area contributed by atoms with Crippen LogP contribution >= 0.6 is 11.3 Å². The molecule has 0 bridgehead atoms. The van der Waals surface area contributed by atoms with E-state index in [4.69, 9.17) is 0 Å². The van der Waals surface area contributed by atoms with Gasteiger partial charge in [0.2, 0.25) is 0 Å². The molecule has 0 fully saturated rings. The number of nitrogens with zero attached hydrogens (tertiary/aromatic N) is 1. The highest BCUT2D eigenvalue weighted by molar-refractivity contribution is 7.17. The molecule has 0 radical (unpaired) electrons. The van der Waals surface area contributed by atoms with Gasteiger partial charge in [-0.1, -0.05) is 27.7 Å². The van der Waals surface area contributed by atoms with Crippen LogP contribution in [0.4, 0.5) is 0 Å². The fourth-order valence-electron chi connectivity index (χ4n) is 1.85. The van der Waals surface area contributed by atoms with Crippen molar-refractivity contribution in [1.29, 1.82) is 0 Å². The molecule has 2 aromatic rings. The molecule has 80 valence electrons. The third kappa shape index (κ3) is 1.78. The van der Waals surface area contributed by atoms with Crippen LogP contribution in [0.1, 0.15) is 50.7 Å². The molecule has 0 aliphatic heterocycles. The van der Waals surface area contributed by atoms with Crippen LogP contribution in [0.25, 0.3) is 10.1 Å². The Labute approximate surface area is 95.2 Å². The molecule has 15 heavy (non-hydrogen) atoms. The topological polar surface area (TPSA) is 12.9 Å². The third-order valence-corrected chi connectivity index (χ3v) is 3.85. The summed E-state index contributed by atoms with van der Waals surface area (Å²) in [4.78, 5) is 4.36. The first kappa shape index (κ1) is 10.6. The van der Waals surface area contributed by atoms with Crippen LogP contribution in [0, 0.1) is 0 Å². The molecule has 1 nitrogen and oxygen atoms in total. The molecule has 0 aromatic carbocycles. The van der Waals surface area contributed by atoms with E-state index in [9.17, 15) is 0 Å². The van der Waals surface area contributed by atoms with Crippen molar-refractivity contribution in [2.75, 3.05) is 0 Å². The molecule has 0 spiro atoms. The van der Waals surface area contributed by atoms with Gasteiger partial charge in [0.25, 0.3) is 0 Å². The SMILES string of the molecule is CC(C)c1csc2c(C(C)C)cncc12. The summed E-state index contributed by atoms with van der Waals surface area (Å²) in [6.45, 7) is 8.93. The number of hydrogen-bond acceptors (Lipinski definition) is 2. The lowest BCUT2D eigenvalue weighted by Gasteiger charge is -2.07. The highest BCUT2D eigenvalue weighted by atomic mass is 32.1. The molecule has 0 aliphatic carbocycles. The van der Waals surface area contributed by atoms with E-state index in [1.54, 1.807) is 0 Å². The van der Waals surface area contributed by atoms with E-state index in [-0.39, 0.29) is 0 Å². The molecule has 0 atom stereocenters. The summed E-state index contributed by atoms with van der Waals surface area (Å²) in [6.07, 6.45) is 4.01. The number of aromatic nitrogens is 1. The number of thiophene rings is 1. The molecular formula is C13H17NS. The zero-order valence-corrected chi connectivity index (χ0v) is 10.6. The van der Waals surface area contributed by atoms with Gasteiger partial charge in [0.15, 0.2) is 0 Å². The van der Waals surface area contributed by atoms with Crippen LogP contribution in [0.5, 0.6) is 0 Å². The maximum atomic E-state index is 4.36. The molecule has 0 saturated carbocycles. The number of pyridine rings is 1. The smallest absolute Gasteiger partial charge is 0.0411 e. The first-order valence-corrected chi connectivity index (χ1v) is 6.34. The number of rotatable bonds is 2. The van der Waals surface area contributed by atoms with E-state index in [0.717, 1.165) is 0 Å². The first-order valence-electron chi connectivity index (χ1n) is 5.46. The van der Waals surface area contributed by atoms with E-state index in [1.807, 2.05) is 23.7 Å². The van der Waals surface area contributed by atoms with E-state index in [1.165, 1.54) is 21.2 Å². The van der Waals surface area contributed by atoms with Crippen LogP contribution in [0.3, 0.4) is 0 Å². The zero-order valence-electron chi connectivity index (χ0n) is 9.74. The predicted molar refractivity (Wildman–Crippen MR) is 67.8 cm³/mol. The van der Waals surface area contributed by atoms with Crippen molar-refractivity contribution >= 4 is 21.4 Å². The van der Waals surface area contributed by atoms with Crippen molar-refractivity contribution in [1.82, 2.24) is 4.98 Å². The maximum Gasteiger partial charge on any atom is 0.0411 e. The summed E-state index contributed by atoms with van der Waals surface area (Å²) in [5, 5.41) is 3.63. The Morgan fingerprint density at radius 2 is 1.67 bits per heavy atom. The Morgan fingerprint density at radius 1 is 1.00 bits per heavy atom. The van der Waals surface area contributed by atoms with Gasteiger partial charge in [0.05, 0.1) is 0 Å². The quantitative estimate of drug-likeness (QED) is 0.722. The zero-order chi connectivity index (χ0) is 11.0. The van der Waals surface area contributed by atoms with Gasteiger partial charge in [-0.15, -0.1) is 11.3 Å². The predicted octanol–water partition coefficient (Wildman–Crippen LogP) is 4.54. The monoisotopic (exact) mass is 219 g/mol. The van der Waals surface area contributed by atoms with Crippen molar-refractivity contribution in [2.24, 2.45) is 0 Å². The fraction of sp³-hybridized carbons (Fsp3) is 0.462. The minimum atomic E-state index is 0.555. The van der Waals surface area contributed by atoms with E-state index in [2.05, 4.69) is 38.1 Å². The summed E-state index contributed by atoms with van der Waals surface area (Å²) in [5.41, 5.74) is 2.81. The van der Waals surface area contributed by atoms with Crippen LogP contribution in [0.2, 0.25) is 0 Å². The first-order chi connectivity index (χ1) is 7.11. The largest absolute Gasteiger partial charge is 0.264 e. The lowest BCUT2D eigenvalue weighted by atomic mass is 10.00. The Balaban J connectivity index is 2.69. The normalized spacial score (nSPS) is 11.9. The summed E-state index contributed by atoms with van der Waals surface area (Å²) in [6, 6.07) is 0. The Bertz CT molecular complexity index is 468. The molecule has 0 aliphatic rings. The second kappa shape index (κ2) is 3.93. The van der Waals surface area contributed by atoms with Gasteiger partial charge >= 0.3 is 0 Å². The molecule has 2 heteroatoms. The average molecular weight is 219 g/mol. The van der Waals surface area contributed by atoms with Gasteiger partial charge in [0, 0.05) is 22.5 Å². The van der Waals surface area contributed by atoms with Crippen molar-refractivity contribution in [3.63, 3.8) is 0 Å². The highest BCUT2D eigenvalue weighted by Crippen LogP contribution is 2.35. The maximum absolute atomic E-state index is 4.36. The molecule has 2 rings (SSSR count). The molecule has 0 N–H and O–H groups in total. The van der Waals surface area contributed by atoms with Gasteiger partial charge in [-0.3, -0.25) is 4.98 Å². The number of fused-ring (bicyclic) bond motifs is 1. The molecule has 0 unspecified atom stereocenters. The summed E-state index contributed by atoms with van der Waals surface area (Å²) >= 11 is 1.86. The van der Waals surface area contributed by atoms with Gasteiger partial charge in [-0.05, 0) is 28.3 Å². The minimum absolute atomic E-state index is 0.555. The minimum Gasteiger partial charge on any atom is -0.264 e. The third-order valence-electron chi connectivity index (χ3n) is 2.78. The van der Waals surface area contributed by atoms with Crippen LogP contribution < -0.4 is 0 Å². The van der Waals surface area contributed by atoms with E-state index >= 15 is 0 Å². The Hall–Kier alpha value is -0.890. The van der Waals surface area contributed by atoms with Crippen molar-refractivity contribution in [2.45, 2.75) is 39.5 Å². The van der Waals surface area contributed by atoms with Crippen molar-refractivity contribution in [3.05, 3.63) is 28.9 Å². The standard InChI is InChI=1S/C13H17NS/c1-8(2)10-5-14-6-11-12(9(3)4)7-15-13(10)11/h5-9H,1-4H3. The Morgan fingerprint density at radius 3 is 2.27 bits per heavy atom. The lowest BCUT2D eigenvalue weighted by Crippen LogP contribution is -1.90. The van der Waals surface area contributed by atoms with Gasteiger partial charge < -0.3 is 0 Å². The summed E-state index contributed by atoms with van der Waals surface area (Å²) in [7, 11) is 0. The van der Waals surface area contributed by atoms with E-state index < -0.39 is 0 Å². The second-order valence-corrected chi connectivity index (χ2v) is 5.49. The highest BCUT2D eigenvalue weighted by Gasteiger charge is 2.12. The second-order valence-electron chi connectivity index (χ2n) is 4.61. The van der Waals surface area contributed by atoms with Gasteiger partial charge in [-0.2, -0.15) is 0 Å². The molecule has 0 saturated heterocycles. The van der Waals surface area contributed by atoms with Crippen molar-refractivity contribution in [3.8, 4) is 0 Å². The summed E-state index contributed by atoms with van der Waals surface area (Å²) < 4.78 is 1.42. The van der Waals surface area contributed by atoms with Gasteiger partial charge in [0.1, 0.15) is 0 Å². The fourth-order valence-corrected chi connectivity index (χ4v) is 3.21. The van der Waals surface area contributed by atoms with Crippen LogP contribution in [-0.2, 0) is 0 Å². The average Bonchev–Trinajstić information content (AvgIpc) is 2.59. The van der Waals surface area contributed by atoms with Gasteiger partial charge in [-0.25, -0.2) is 0 Å². The molecular weight excluding hydrogens is 202 g/mol. The lowest BCUT2D eigenvalue weighted by molar-refractivity contribution is 0.866. The number of hydrogen-bond donors (Lipinski definition) is 0. The molecule has 0 amide bonds. The van der Waals surface area contributed by atoms with Crippen LogP contribution in [-0.4, -0.2) is 4.98 Å². The molecule has 2 aromatic heterocycles. The van der Waals surface area contributed by atoms with Crippen LogP contribution in [0.15, 0.2) is 17.8 Å².